The van der Waals surface area contributed by atoms with Gasteiger partial charge in [0.25, 0.3) is 0 Å². The van der Waals surface area contributed by atoms with Crippen LogP contribution in [0.15, 0.2) is 0 Å². The van der Waals surface area contributed by atoms with E-state index in [2.05, 4.69) is 5.32 Å². The van der Waals surface area contributed by atoms with Crippen LogP contribution in [0.2, 0.25) is 0 Å². The van der Waals surface area contributed by atoms with Crippen molar-refractivity contribution in [2.45, 2.75) is 44.6 Å². The van der Waals surface area contributed by atoms with Crippen LogP contribution in [0.3, 0.4) is 0 Å². The molecule has 1 atom stereocenters. The Kier molecular flexibility index (Phi) is 5.22. The van der Waals surface area contributed by atoms with E-state index in [1.807, 2.05) is 0 Å². The maximum absolute atomic E-state index is 9.59. The summed E-state index contributed by atoms with van der Waals surface area (Å²) in [5.74, 6) is 0. The van der Waals surface area contributed by atoms with Gasteiger partial charge in [0, 0.05) is 25.1 Å². The van der Waals surface area contributed by atoms with E-state index in [-0.39, 0.29) is 11.5 Å². The Morgan fingerprint density at radius 3 is 2.71 bits per heavy atom. The highest BCUT2D eigenvalue weighted by Crippen LogP contribution is 2.35. The number of rotatable bonds is 5. The molecule has 0 radical (unpaired) electrons. The van der Waals surface area contributed by atoms with Gasteiger partial charge < -0.3 is 19.9 Å². The molecule has 0 bridgehead atoms. The first-order valence-electron chi connectivity index (χ1n) is 6.86. The van der Waals surface area contributed by atoms with Crippen LogP contribution in [-0.2, 0) is 9.47 Å². The number of hydrogen-bond donors (Lipinski definition) is 2. The number of nitrogens with one attached hydrogen (secondary N) is 1. The van der Waals surface area contributed by atoms with Crippen molar-refractivity contribution in [3.05, 3.63) is 0 Å². The Balaban J connectivity index is 1.68. The molecule has 100 valence electrons. The molecule has 4 heteroatoms. The van der Waals surface area contributed by atoms with E-state index in [1.165, 1.54) is 19.3 Å². The zero-order chi connectivity index (χ0) is 12.0. The SMILES string of the molecule is OCC1(CNCC2CCOCO2)CCCCC1. The summed E-state index contributed by atoms with van der Waals surface area (Å²) in [6.07, 6.45) is 7.41. The minimum atomic E-state index is 0.128. The van der Waals surface area contributed by atoms with Gasteiger partial charge in [-0.15, -0.1) is 0 Å². The molecule has 0 aromatic carbocycles. The molecule has 1 aliphatic heterocycles. The predicted octanol–water partition coefficient (Wildman–Crippen LogP) is 1.28. The lowest BCUT2D eigenvalue weighted by Crippen LogP contribution is -2.43. The highest BCUT2D eigenvalue weighted by atomic mass is 16.7. The summed E-state index contributed by atoms with van der Waals surface area (Å²) >= 11 is 0. The van der Waals surface area contributed by atoms with Crippen molar-refractivity contribution in [3.63, 3.8) is 0 Å². The second kappa shape index (κ2) is 6.69. The number of ether oxygens (including phenoxy) is 2. The van der Waals surface area contributed by atoms with Crippen molar-refractivity contribution < 1.29 is 14.6 Å². The fourth-order valence-corrected chi connectivity index (χ4v) is 2.85. The fourth-order valence-electron chi connectivity index (χ4n) is 2.85. The van der Waals surface area contributed by atoms with E-state index in [0.717, 1.165) is 39.0 Å². The van der Waals surface area contributed by atoms with Gasteiger partial charge in [-0.05, 0) is 19.3 Å². The summed E-state index contributed by atoms with van der Waals surface area (Å²) in [5.41, 5.74) is 0.128. The molecule has 2 fully saturated rings. The summed E-state index contributed by atoms with van der Waals surface area (Å²) < 4.78 is 10.6. The molecule has 2 rings (SSSR count). The average Bonchev–Trinajstić information content (AvgIpc) is 2.41. The summed E-state index contributed by atoms with van der Waals surface area (Å²) in [5, 5.41) is 13.1. The second-order valence-electron chi connectivity index (χ2n) is 5.45. The molecule has 0 spiro atoms. The quantitative estimate of drug-likeness (QED) is 0.764. The van der Waals surface area contributed by atoms with Crippen molar-refractivity contribution in [2.75, 3.05) is 33.1 Å². The summed E-state index contributed by atoms with van der Waals surface area (Å²) in [7, 11) is 0. The maximum atomic E-state index is 9.59. The molecule has 0 aromatic heterocycles. The van der Waals surface area contributed by atoms with E-state index < -0.39 is 0 Å². The monoisotopic (exact) mass is 243 g/mol. The van der Waals surface area contributed by atoms with Gasteiger partial charge in [0.2, 0.25) is 0 Å². The van der Waals surface area contributed by atoms with Crippen LogP contribution in [0.1, 0.15) is 38.5 Å². The standard InChI is InChI=1S/C13H25NO3/c15-10-13(5-2-1-3-6-13)9-14-8-12-4-7-16-11-17-12/h12,14-15H,1-11H2. The van der Waals surface area contributed by atoms with Crippen LogP contribution in [0.4, 0.5) is 0 Å². The van der Waals surface area contributed by atoms with Crippen LogP contribution in [-0.4, -0.2) is 44.3 Å². The Bertz CT molecular complexity index is 211. The lowest BCUT2D eigenvalue weighted by atomic mass is 9.74. The number of hydrogen-bond acceptors (Lipinski definition) is 4. The first kappa shape index (κ1) is 13.3. The summed E-state index contributed by atoms with van der Waals surface area (Å²) in [6, 6.07) is 0. The molecular weight excluding hydrogens is 218 g/mol. The molecule has 1 heterocycles. The summed E-state index contributed by atoms with van der Waals surface area (Å²) in [6.45, 7) is 3.35. The number of aliphatic hydroxyl groups is 1. The van der Waals surface area contributed by atoms with E-state index >= 15 is 0 Å². The topological polar surface area (TPSA) is 50.7 Å². The van der Waals surface area contributed by atoms with Gasteiger partial charge in [-0.25, -0.2) is 0 Å². The van der Waals surface area contributed by atoms with Gasteiger partial charge in [0.05, 0.1) is 12.7 Å². The third-order valence-corrected chi connectivity index (χ3v) is 4.09. The molecule has 4 nitrogen and oxygen atoms in total. The normalized spacial score (nSPS) is 29.1. The van der Waals surface area contributed by atoms with Gasteiger partial charge in [-0.2, -0.15) is 0 Å². The Morgan fingerprint density at radius 1 is 1.24 bits per heavy atom. The van der Waals surface area contributed by atoms with Gasteiger partial charge in [-0.3, -0.25) is 0 Å². The van der Waals surface area contributed by atoms with E-state index in [0.29, 0.717) is 13.4 Å². The van der Waals surface area contributed by atoms with Gasteiger partial charge in [0.15, 0.2) is 0 Å². The largest absolute Gasteiger partial charge is 0.396 e. The minimum absolute atomic E-state index is 0.128. The molecule has 1 saturated carbocycles. The van der Waals surface area contributed by atoms with Crippen molar-refractivity contribution >= 4 is 0 Å². The molecule has 1 unspecified atom stereocenters. The molecule has 17 heavy (non-hydrogen) atoms. The lowest BCUT2D eigenvalue weighted by Gasteiger charge is -2.36. The van der Waals surface area contributed by atoms with Crippen molar-refractivity contribution in [1.29, 1.82) is 0 Å². The lowest BCUT2D eigenvalue weighted by molar-refractivity contribution is -0.137. The van der Waals surface area contributed by atoms with Gasteiger partial charge in [0.1, 0.15) is 6.79 Å². The minimum Gasteiger partial charge on any atom is -0.396 e. The first-order chi connectivity index (χ1) is 8.35. The Labute approximate surface area is 104 Å². The third kappa shape index (κ3) is 3.91. The zero-order valence-corrected chi connectivity index (χ0v) is 10.6. The predicted molar refractivity (Wildman–Crippen MR) is 65.8 cm³/mol. The Morgan fingerprint density at radius 2 is 2.06 bits per heavy atom. The van der Waals surface area contributed by atoms with Crippen molar-refractivity contribution in [3.8, 4) is 0 Å². The van der Waals surface area contributed by atoms with Crippen LogP contribution in [0.5, 0.6) is 0 Å². The second-order valence-corrected chi connectivity index (χ2v) is 5.45. The molecule has 2 aliphatic rings. The molecule has 0 amide bonds. The first-order valence-corrected chi connectivity index (χ1v) is 6.86. The van der Waals surface area contributed by atoms with E-state index in [9.17, 15) is 5.11 Å². The zero-order valence-electron chi connectivity index (χ0n) is 10.6. The molecule has 2 N–H and O–H groups in total. The maximum Gasteiger partial charge on any atom is 0.147 e. The fraction of sp³-hybridized carbons (Fsp3) is 1.00. The van der Waals surface area contributed by atoms with Crippen LogP contribution in [0, 0.1) is 5.41 Å². The highest BCUT2D eigenvalue weighted by molar-refractivity contribution is 4.84. The summed E-state index contributed by atoms with van der Waals surface area (Å²) in [4.78, 5) is 0. The van der Waals surface area contributed by atoms with Gasteiger partial charge in [-0.1, -0.05) is 19.3 Å². The van der Waals surface area contributed by atoms with Crippen LogP contribution < -0.4 is 5.32 Å². The molecular formula is C13H25NO3. The highest BCUT2D eigenvalue weighted by Gasteiger charge is 2.31. The smallest absolute Gasteiger partial charge is 0.147 e. The van der Waals surface area contributed by atoms with E-state index in [4.69, 9.17) is 9.47 Å². The van der Waals surface area contributed by atoms with E-state index in [1.54, 1.807) is 0 Å². The molecule has 1 saturated heterocycles. The Hall–Kier alpha value is -0.160. The van der Waals surface area contributed by atoms with Crippen molar-refractivity contribution in [2.24, 2.45) is 5.41 Å². The van der Waals surface area contributed by atoms with Crippen molar-refractivity contribution in [1.82, 2.24) is 5.32 Å². The average molecular weight is 243 g/mol. The third-order valence-electron chi connectivity index (χ3n) is 4.09. The van der Waals surface area contributed by atoms with Crippen LogP contribution >= 0.6 is 0 Å². The molecule has 1 aliphatic carbocycles. The number of aliphatic hydroxyl groups excluding tert-OH is 1. The molecule has 0 aromatic rings. The van der Waals surface area contributed by atoms with Crippen LogP contribution in [0.25, 0.3) is 0 Å². The van der Waals surface area contributed by atoms with Gasteiger partial charge >= 0.3 is 0 Å².